The monoisotopic (exact) mass is 435 g/mol. The van der Waals surface area contributed by atoms with Crippen LogP contribution in [0.25, 0.3) is 0 Å². The van der Waals surface area contributed by atoms with E-state index in [0.717, 1.165) is 29.5 Å². The number of unbranched alkanes of at least 4 members (excludes halogenated alkanes) is 4. The number of hydrogen-bond donors (Lipinski definition) is 2. The molecular weight excluding hydrogens is 410 g/mol. The molecule has 27 heavy (non-hydrogen) atoms. The molecule has 0 bridgehead atoms. The number of amides is 3. The Morgan fingerprint density at radius 1 is 1.11 bits per heavy atom. The summed E-state index contributed by atoms with van der Waals surface area (Å²) in [5.74, 6) is -0.762. The second kappa shape index (κ2) is 9.35. The van der Waals surface area contributed by atoms with Crippen molar-refractivity contribution >= 4 is 39.3 Å². The fraction of sp³-hybridized carbons (Fsp3) is 0.550. The van der Waals surface area contributed by atoms with Gasteiger partial charge in [-0.15, -0.1) is 0 Å². The highest BCUT2D eigenvalue weighted by Gasteiger charge is 2.39. The van der Waals surface area contributed by atoms with Gasteiger partial charge in [0.25, 0.3) is 5.91 Å². The van der Waals surface area contributed by atoms with Crippen LogP contribution >= 0.6 is 15.9 Å². The number of hydrogen-bond acceptors (Lipinski definition) is 4. The van der Waals surface area contributed by atoms with Gasteiger partial charge in [0.1, 0.15) is 6.04 Å². The van der Waals surface area contributed by atoms with E-state index in [4.69, 9.17) is 0 Å². The van der Waals surface area contributed by atoms with Crippen LogP contribution in [0, 0.1) is 0 Å². The van der Waals surface area contributed by atoms with Gasteiger partial charge in [-0.25, -0.2) is 0 Å². The predicted octanol–water partition coefficient (Wildman–Crippen LogP) is 3.20. The first kappa shape index (κ1) is 19.9. The summed E-state index contributed by atoms with van der Waals surface area (Å²) >= 11 is 3.45. The van der Waals surface area contributed by atoms with Crippen molar-refractivity contribution in [2.45, 2.75) is 57.5 Å². The number of anilines is 1. The number of nitrogens with zero attached hydrogens (tertiary/aromatic N) is 1. The third-order valence-corrected chi connectivity index (χ3v) is 5.77. The highest BCUT2D eigenvalue weighted by atomic mass is 79.9. The number of carbonyl (C=O) groups excluding carboxylic acids is 3. The average Bonchev–Trinajstić information content (AvgIpc) is 2.98. The maximum Gasteiger partial charge on any atom is 0.255 e. The number of nitrogens with one attached hydrogen (secondary N) is 2. The molecule has 6 nitrogen and oxygen atoms in total. The number of alkyl halides is 1. The molecule has 0 radical (unpaired) electrons. The van der Waals surface area contributed by atoms with Crippen molar-refractivity contribution in [3.8, 4) is 0 Å². The van der Waals surface area contributed by atoms with E-state index in [9.17, 15) is 14.4 Å². The number of piperidine rings is 1. The Morgan fingerprint density at radius 2 is 1.89 bits per heavy atom. The fourth-order valence-corrected chi connectivity index (χ4v) is 4.12. The van der Waals surface area contributed by atoms with Crippen LogP contribution in [0.15, 0.2) is 18.2 Å². The second-order valence-electron chi connectivity index (χ2n) is 7.12. The number of imide groups is 1. The standard InChI is InChI=1S/C20H26BrN3O3/c21-11-4-2-1-3-5-12-22-16-8-6-7-14-15(16)13-24(20(14)27)17-9-10-18(25)23-19(17)26/h6-8,17,22H,1-5,9-13H2,(H,23,25,26). The van der Waals surface area contributed by atoms with Crippen LogP contribution < -0.4 is 10.6 Å². The Morgan fingerprint density at radius 3 is 2.67 bits per heavy atom. The van der Waals surface area contributed by atoms with E-state index < -0.39 is 6.04 Å². The lowest BCUT2D eigenvalue weighted by atomic mass is 10.0. The van der Waals surface area contributed by atoms with Crippen LogP contribution in [0.2, 0.25) is 0 Å². The van der Waals surface area contributed by atoms with E-state index in [0.29, 0.717) is 18.5 Å². The Balaban J connectivity index is 1.59. The molecule has 2 N–H and O–H groups in total. The van der Waals surface area contributed by atoms with Crippen molar-refractivity contribution in [3.05, 3.63) is 29.3 Å². The molecule has 3 amide bonds. The Labute approximate surface area is 168 Å². The second-order valence-corrected chi connectivity index (χ2v) is 7.91. The molecule has 1 saturated heterocycles. The lowest BCUT2D eigenvalue weighted by Gasteiger charge is -2.29. The van der Waals surface area contributed by atoms with Gasteiger partial charge in [0.15, 0.2) is 0 Å². The Hall–Kier alpha value is -1.89. The van der Waals surface area contributed by atoms with Gasteiger partial charge in [0.05, 0.1) is 0 Å². The van der Waals surface area contributed by atoms with Gasteiger partial charge in [-0.05, 0) is 31.4 Å². The van der Waals surface area contributed by atoms with Gasteiger partial charge >= 0.3 is 0 Å². The van der Waals surface area contributed by atoms with Gasteiger partial charge in [0.2, 0.25) is 11.8 Å². The van der Waals surface area contributed by atoms with Crippen molar-refractivity contribution in [1.82, 2.24) is 10.2 Å². The zero-order valence-corrected chi connectivity index (χ0v) is 17.0. The van der Waals surface area contributed by atoms with Gasteiger partial charge in [-0.1, -0.05) is 41.3 Å². The van der Waals surface area contributed by atoms with E-state index >= 15 is 0 Å². The quantitative estimate of drug-likeness (QED) is 0.354. The van der Waals surface area contributed by atoms with E-state index in [1.807, 2.05) is 18.2 Å². The molecule has 0 spiro atoms. The largest absolute Gasteiger partial charge is 0.385 e. The third kappa shape index (κ3) is 4.69. The molecule has 1 aromatic carbocycles. The molecule has 1 unspecified atom stereocenters. The van der Waals surface area contributed by atoms with E-state index in [1.54, 1.807) is 4.90 Å². The molecule has 0 saturated carbocycles. The van der Waals surface area contributed by atoms with Crippen molar-refractivity contribution in [2.75, 3.05) is 17.2 Å². The Kier molecular flexibility index (Phi) is 6.88. The van der Waals surface area contributed by atoms with Gasteiger partial charge in [-0.3, -0.25) is 19.7 Å². The number of rotatable bonds is 9. The maximum absolute atomic E-state index is 12.8. The summed E-state index contributed by atoms with van der Waals surface area (Å²) in [4.78, 5) is 37.9. The molecule has 146 valence electrons. The molecular formula is C20H26BrN3O3. The number of carbonyl (C=O) groups is 3. The molecule has 1 aromatic rings. The van der Waals surface area contributed by atoms with Crippen molar-refractivity contribution in [3.63, 3.8) is 0 Å². The van der Waals surface area contributed by atoms with Crippen molar-refractivity contribution in [2.24, 2.45) is 0 Å². The van der Waals surface area contributed by atoms with Crippen molar-refractivity contribution < 1.29 is 14.4 Å². The van der Waals surface area contributed by atoms with Gasteiger partial charge < -0.3 is 10.2 Å². The number of halogens is 1. The molecule has 7 heteroatoms. The van der Waals surface area contributed by atoms with Crippen molar-refractivity contribution in [1.29, 1.82) is 0 Å². The summed E-state index contributed by atoms with van der Waals surface area (Å²) in [7, 11) is 0. The first-order chi connectivity index (χ1) is 13.1. The minimum Gasteiger partial charge on any atom is -0.385 e. The minimum absolute atomic E-state index is 0.127. The van der Waals surface area contributed by atoms with Crippen LogP contribution in [0.3, 0.4) is 0 Å². The third-order valence-electron chi connectivity index (χ3n) is 5.21. The van der Waals surface area contributed by atoms with Gasteiger partial charge in [-0.2, -0.15) is 0 Å². The van der Waals surface area contributed by atoms with Crippen LogP contribution in [-0.2, 0) is 16.1 Å². The summed E-state index contributed by atoms with van der Waals surface area (Å²) in [6, 6.07) is 5.12. The lowest BCUT2D eigenvalue weighted by molar-refractivity contribution is -0.136. The molecule has 0 aliphatic carbocycles. The van der Waals surface area contributed by atoms with Crippen LogP contribution in [0.5, 0.6) is 0 Å². The molecule has 2 aliphatic rings. The molecule has 1 fully saturated rings. The highest BCUT2D eigenvalue weighted by Crippen LogP contribution is 2.32. The summed E-state index contributed by atoms with van der Waals surface area (Å²) in [6.07, 6.45) is 6.66. The van der Waals surface area contributed by atoms with Crippen LogP contribution in [0.4, 0.5) is 5.69 Å². The normalized spacial score (nSPS) is 19.2. The van der Waals surface area contributed by atoms with Crippen LogP contribution in [0.1, 0.15) is 60.9 Å². The first-order valence-electron chi connectivity index (χ1n) is 9.68. The summed E-state index contributed by atoms with van der Waals surface area (Å²) in [5.41, 5.74) is 2.57. The smallest absolute Gasteiger partial charge is 0.255 e. The molecule has 3 rings (SSSR count). The van der Waals surface area contributed by atoms with Gasteiger partial charge in [0, 0.05) is 41.7 Å². The van der Waals surface area contributed by atoms with E-state index in [2.05, 4.69) is 26.6 Å². The highest BCUT2D eigenvalue weighted by molar-refractivity contribution is 9.09. The van der Waals surface area contributed by atoms with E-state index in [1.165, 1.54) is 25.7 Å². The maximum atomic E-state index is 12.8. The first-order valence-corrected chi connectivity index (χ1v) is 10.8. The zero-order valence-electron chi connectivity index (χ0n) is 15.4. The predicted molar refractivity (Wildman–Crippen MR) is 108 cm³/mol. The lowest BCUT2D eigenvalue weighted by Crippen LogP contribution is -2.52. The Bertz CT molecular complexity index is 722. The topological polar surface area (TPSA) is 78.5 Å². The summed E-state index contributed by atoms with van der Waals surface area (Å²) in [6.45, 7) is 1.28. The summed E-state index contributed by atoms with van der Waals surface area (Å²) in [5, 5.41) is 6.86. The number of benzene rings is 1. The summed E-state index contributed by atoms with van der Waals surface area (Å²) < 4.78 is 0. The zero-order chi connectivity index (χ0) is 19.2. The molecule has 2 aliphatic heterocycles. The average molecular weight is 436 g/mol. The van der Waals surface area contributed by atoms with Crippen LogP contribution in [-0.4, -0.2) is 40.5 Å². The molecule has 2 heterocycles. The minimum atomic E-state index is -0.565. The number of fused-ring (bicyclic) bond motifs is 1. The fourth-order valence-electron chi connectivity index (χ4n) is 3.72. The molecule has 0 aromatic heterocycles. The molecule has 1 atom stereocenters. The SMILES string of the molecule is O=C1CCC(N2Cc3c(NCCCCCCCBr)cccc3C2=O)C(=O)N1. The van der Waals surface area contributed by atoms with E-state index in [-0.39, 0.29) is 24.1 Å².